The second-order valence-electron chi connectivity index (χ2n) is 5.03. The molecule has 0 radical (unpaired) electrons. The summed E-state index contributed by atoms with van der Waals surface area (Å²) in [5, 5.41) is 3.50. The van der Waals surface area contributed by atoms with E-state index in [1.165, 1.54) is 0 Å². The van der Waals surface area contributed by atoms with Gasteiger partial charge >= 0.3 is 5.97 Å². The molecule has 1 saturated heterocycles. The second kappa shape index (κ2) is 7.43. The number of carbonyl (C=O) groups excluding carboxylic acids is 2. The molecule has 0 aliphatic carbocycles. The smallest absolute Gasteiger partial charge is 0.312 e. The number of quaternary nitrogens is 1. The minimum absolute atomic E-state index is 0.0967. The van der Waals surface area contributed by atoms with Crippen LogP contribution in [0.3, 0.4) is 0 Å². The summed E-state index contributed by atoms with van der Waals surface area (Å²) in [6.07, 6.45) is 0.0967. The lowest BCUT2D eigenvalue weighted by molar-refractivity contribution is -0.930. The van der Waals surface area contributed by atoms with Gasteiger partial charge < -0.3 is 15.0 Å². The first kappa shape index (κ1) is 15.8. The number of hydrogen-bond donors (Lipinski definition) is 2. The van der Waals surface area contributed by atoms with E-state index in [4.69, 9.17) is 16.3 Å². The van der Waals surface area contributed by atoms with Crippen LogP contribution < -0.4 is 10.2 Å². The van der Waals surface area contributed by atoms with Gasteiger partial charge in [-0.05, 0) is 13.0 Å². The highest BCUT2D eigenvalue weighted by atomic mass is 35.5. The molecule has 21 heavy (non-hydrogen) atoms. The van der Waals surface area contributed by atoms with Crippen LogP contribution in [-0.4, -0.2) is 37.6 Å². The number of halogens is 1. The lowest BCUT2D eigenvalue weighted by Gasteiger charge is -2.31. The van der Waals surface area contributed by atoms with Crippen molar-refractivity contribution in [2.24, 2.45) is 0 Å². The molecule has 2 N–H and O–H groups in total. The maximum absolute atomic E-state index is 12.0. The molecule has 1 amide bonds. The maximum atomic E-state index is 12.0. The average molecular weight is 312 g/mol. The van der Waals surface area contributed by atoms with Crippen LogP contribution in [0.1, 0.15) is 18.9 Å². The largest absolute Gasteiger partial charge is 0.466 e. The number of hydrogen-bond acceptors (Lipinski definition) is 3. The van der Waals surface area contributed by atoms with E-state index in [1.807, 2.05) is 24.3 Å². The van der Waals surface area contributed by atoms with Gasteiger partial charge in [-0.25, -0.2) is 0 Å². The Labute approximate surface area is 129 Å². The number of carbonyl (C=O) groups is 2. The lowest BCUT2D eigenvalue weighted by atomic mass is 10.1. The summed E-state index contributed by atoms with van der Waals surface area (Å²) >= 11 is 6.18. The van der Waals surface area contributed by atoms with Crippen LogP contribution in [-0.2, 0) is 20.9 Å². The van der Waals surface area contributed by atoms with Crippen molar-refractivity contribution in [1.29, 1.82) is 0 Å². The molecular weight excluding hydrogens is 292 g/mol. The zero-order valence-electron chi connectivity index (χ0n) is 12.0. The van der Waals surface area contributed by atoms with Crippen molar-refractivity contribution in [3.8, 4) is 0 Å². The summed E-state index contributed by atoms with van der Waals surface area (Å²) in [6.45, 7) is 4.08. The Morgan fingerprint density at radius 2 is 2.24 bits per heavy atom. The van der Waals surface area contributed by atoms with Crippen molar-refractivity contribution in [2.75, 3.05) is 19.7 Å². The fraction of sp³-hybridized carbons (Fsp3) is 0.467. The first-order valence-corrected chi connectivity index (χ1v) is 7.51. The van der Waals surface area contributed by atoms with Gasteiger partial charge in [-0.15, -0.1) is 0 Å². The third-order valence-corrected chi connectivity index (χ3v) is 3.97. The summed E-state index contributed by atoms with van der Waals surface area (Å²) in [6, 6.07) is 7.16. The molecular formula is C15H20ClN2O3+. The number of amides is 1. The second-order valence-corrected chi connectivity index (χ2v) is 5.44. The number of ether oxygens (including phenoxy) is 1. The number of piperazine rings is 1. The molecule has 1 aliphatic rings. The van der Waals surface area contributed by atoms with Crippen LogP contribution >= 0.6 is 11.6 Å². The van der Waals surface area contributed by atoms with Gasteiger partial charge in [0.25, 0.3) is 5.91 Å². The Morgan fingerprint density at radius 1 is 1.48 bits per heavy atom. The molecule has 2 unspecified atom stereocenters. The highest BCUT2D eigenvalue weighted by Gasteiger charge is 2.36. The molecule has 114 valence electrons. The van der Waals surface area contributed by atoms with Gasteiger partial charge in [0.15, 0.2) is 6.04 Å². The van der Waals surface area contributed by atoms with E-state index < -0.39 is 6.04 Å². The lowest BCUT2D eigenvalue weighted by Crippen LogP contribution is -3.18. The summed E-state index contributed by atoms with van der Waals surface area (Å²) < 4.78 is 4.96. The van der Waals surface area contributed by atoms with E-state index in [1.54, 1.807) is 6.92 Å². The molecule has 0 saturated carbocycles. The van der Waals surface area contributed by atoms with Gasteiger partial charge in [0, 0.05) is 10.6 Å². The zero-order chi connectivity index (χ0) is 15.2. The number of esters is 1. The first-order valence-electron chi connectivity index (χ1n) is 7.13. The Kier molecular flexibility index (Phi) is 5.59. The van der Waals surface area contributed by atoms with Crippen molar-refractivity contribution in [1.82, 2.24) is 5.32 Å². The summed E-state index contributed by atoms with van der Waals surface area (Å²) in [5.41, 5.74) is 0.984. The van der Waals surface area contributed by atoms with Crippen molar-refractivity contribution >= 4 is 23.5 Å². The van der Waals surface area contributed by atoms with Crippen molar-refractivity contribution in [2.45, 2.75) is 25.9 Å². The van der Waals surface area contributed by atoms with Crippen molar-refractivity contribution in [3.05, 3.63) is 34.9 Å². The molecule has 2 atom stereocenters. The monoisotopic (exact) mass is 311 g/mol. The van der Waals surface area contributed by atoms with E-state index in [0.717, 1.165) is 17.0 Å². The Morgan fingerprint density at radius 3 is 2.95 bits per heavy atom. The molecule has 1 fully saturated rings. The molecule has 0 aromatic heterocycles. The van der Waals surface area contributed by atoms with E-state index in [0.29, 0.717) is 24.7 Å². The summed E-state index contributed by atoms with van der Waals surface area (Å²) in [7, 11) is 0. The van der Waals surface area contributed by atoms with E-state index >= 15 is 0 Å². The summed E-state index contributed by atoms with van der Waals surface area (Å²) in [4.78, 5) is 24.8. The van der Waals surface area contributed by atoms with Gasteiger partial charge in [-0.3, -0.25) is 9.59 Å². The van der Waals surface area contributed by atoms with E-state index in [2.05, 4.69) is 5.32 Å². The predicted octanol–water partition coefficient (Wildman–Crippen LogP) is 0.177. The molecule has 5 nitrogen and oxygen atoms in total. The van der Waals surface area contributed by atoms with Crippen molar-refractivity contribution < 1.29 is 19.2 Å². The van der Waals surface area contributed by atoms with Gasteiger partial charge in [0.2, 0.25) is 0 Å². The Hall–Kier alpha value is -1.59. The van der Waals surface area contributed by atoms with Gasteiger partial charge in [0.1, 0.15) is 13.0 Å². The minimum atomic E-state index is -0.422. The van der Waals surface area contributed by atoms with Crippen molar-refractivity contribution in [3.63, 3.8) is 0 Å². The van der Waals surface area contributed by atoms with Gasteiger partial charge in [0.05, 0.1) is 19.7 Å². The van der Waals surface area contributed by atoms with Gasteiger partial charge in [-0.2, -0.15) is 0 Å². The molecule has 6 heteroatoms. The first-order chi connectivity index (χ1) is 10.1. The highest BCUT2D eigenvalue weighted by Crippen LogP contribution is 2.13. The average Bonchev–Trinajstić information content (AvgIpc) is 2.45. The van der Waals surface area contributed by atoms with Crippen LogP contribution in [0.5, 0.6) is 0 Å². The third kappa shape index (κ3) is 4.19. The topological polar surface area (TPSA) is 59.8 Å². The van der Waals surface area contributed by atoms with Crippen LogP contribution in [0.15, 0.2) is 24.3 Å². The summed E-state index contributed by atoms with van der Waals surface area (Å²) in [5.74, 6) is -0.437. The molecule has 1 heterocycles. The van der Waals surface area contributed by atoms with E-state index in [9.17, 15) is 9.59 Å². The molecule has 1 aliphatic heterocycles. The molecule has 1 aromatic carbocycles. The number of nitrogens with one attached hydrogen (secondary N) is 2. The Balaban J connectivity index is 2.09. The molecule has 2 rings (SSSR count). The molecule has 0 bridgehead atoms. The van der Waals surface area contributed by atoms with Gasteiger partial charge in [-0.1, -0.05) is 29.8 Å². The normalized spacial score (nSPS) is 21.7. The van der Waals surface area contributed by atoms with Crippen LogP contribution in [0.25, 0.3) is 0 Å². The zero-order valence-corrected chi connectivity index (χ0v) is 12.8. The standard InChI is InChI=1S/C15H19ClN2O3/c1-2-21-14(19)9-13-15(20)17-7-8-18(13)10-11-5-3-4-6-12(11)16/h3-6,13H,2,7-10H2,1H3,(H,17,20)/p+1. The van der Waals surface area contributed by atoms with Crippen LogP contribution in [0.4, 0.5) is 0 Å². The number of benzene rings is 1. The van der Waals surface area contributed by atoms with Crippen LogP contribution in [0, 0.1) is 0 Å². The SMILES string of the molecule is CCOC(=O)CC1C(=O)NCC[NH+]1Cc1ccccc1Cl. The predicted molar refractivity (Wildman–Crippen MR) is 79.0 cm³/mol. The van der Waals surface area contributed by atoms with Crippen LogP contribution in [0.2, 0.25) is 5.02 Å². The molecule has 0 spiro atoms. The number of rotatable bonds is 5. The minimum Gasteiger partial charge on any atom is -0.466 e. The van der Waals surface area contributed by atoms with E-state index in [-0.39, 0.29) is 18.3 Å². The fourth-order valence-electron chi connectivity index (χ4n) is 2.55. The third-order valence-electron chi connectivity index (χ3n) is 3.61. The fourth-order valence-corrected chi connectivity index (χ4v) is 2.75. The molecule has 1 aromatic rings. The maximum Gasteiger partial charge on any atom is 0.312 e. The highest BCUT2D eigenvalue weighted by molar-refractivity contribution is 6.31. The Bertz CT molecular complexity index is 521. The quantitative estimate of drug-likeness (QED) is 0.763.